The number of hydrogen-bond donors (Lipinski definition) is 3. The topological polar surface area (TPSA) is 90.5 Å². The van der Waals surface area contributed by atoms with Gasteiger partial charge in [-0.15, -0.1) is 0 Å². The molecule has 0 aromatic heterocycles. The quantitative estimate of drug-likeness (QED) is 0.736. The molecule has 1 aromatic rings. The Bertz CT molecular complexity index is 600. The van der Waals surface area contributed by atoms with Crippen molar-refractivity contribution in [2.24, 2.45) is 11.8 Å². The molecule has 1 saturated carbocycles. The van der Waals surface area contributed by atoms with Crippen LogP contribution in [-0.2, 0) is 4.79 Å². The van der Waals surface area contributed by atoms with E-state index in [1.807, 2.05) is 6.92 Å². The van der Waals surface area contributed by atoms with E-state index < -0.39 is 5.91 Å². The molecule has 0 saturated heterocycles. The van der Waals surface area contributed by atoms with Gasteiger partial charge in [0.25, 0.3) is 5.91 Å². The smallest absolute Gasteiger partial charge is 0.335 e. The Balaban J connectivity index is 1.89. The molecule has 1 fully saturated rings. The molecular formula is C16H22N4O3. The van der Waals surface area contributed by atoms with Gasteiger partial charge in [0.2, 0.25) is 5.91 Å². The molecule has 0 bridgehead atoms. The molecule has 3 N–H and O–H groups in total. The van der Waals surface area contributed by atoms with Gasteiger partial charge in [0.15, 0.2) is 0 Å². The van der Waals surface area contributed by atoms with Crippen LogP contribution in [0.15, 0.2) is 24.3 Å². The highest BCUT2D eigenvalue weighted by atomic mass is 16.2. The van der Waals surface area contributed by atoms with Crippen LogP contribution >= 0.6 is 0 Å². The number of nitrogens with one attached hydrogen (secondary N) is 3. The first-order valence-corrected chi connectivity index (χ1v) is 7.65. The summed E-state index contributed by atoms with van der Waals surface area (Å²) in [4.78, 5) is 35.4. The third-order valence-electron chi connectivity index (χ3n) is 3.76. The summed E-state index contributed by atoms with van der Waals surface area (Å²) < 4.78 is 0. The van der Waals surface area contributed by atoms with Crippen molar-refractivity contribution < 1.29 is 14.4 Å². The van der Waals surface area contributed by atoms with Crippen LogP contribution in [0.4, 0.5) is 10.5 Å². The first-order chi connectivity index (χ1) is 10.9. The molecule has 124 valence electrons. The van der Waals surface area contributed by atoms with Gasteiger partial charge in [0.1, 0.15) is 0 Å². The van der Waals surface area contributed by atoms with E-state index in [1.165, 1.54) is 7.05 Å². The van der Waals surface area contributed by atoms with Crippen LogP contribution in [0.3, 0.4) is 0 Å². The van der Waals surface area contributed by atoms with Gasteiger partial charge >= 0.3 is 6.03 Å². The van der Waals surface area contributed by atoms with Crippen molar-refractivity contribution in [2.75, 3.05) is 18.9 Å². The highest BCUT2D eigenvalue weighted by molar-refractivity contribution is 5.97. The van der Waals surface area contributed by atoms with E-state index in [0.717, 1.165) is 11.4 Å². The van der Waals surface area contributed by atoms with Gasteiger partial charge in [-0.1, -0.05) is 6.92 Å². The van der Waals surface area contributed by atoms with Gasteiger partial charge < -0.3 is 10.6 Å². The first kappa shape index (κ1) is 16.8. The molecule has 0 spiro atoms. The number of urea groups is 1. The highest BCUT2D eigenvalue weighted by Crippen LogP contribution is 2.38. The second-order valence-corrected chi connectivity index (χ2v) is 5.72. The monoisotopic (exact) mass is 318 g/mol. The van der Waals surface area contributed by atoms with Gasteiger partial charge in [-0.3, -0.25) is 15.0 Å². The number of rotatable bonds is 4. The largest absolute Gasteiger partial charge is 0.337 e. The lowest BCUT2D eigenvalue weighted by Crippen LogP contribution is -2.48. The molecule has 2 unspecified atom stereocenters. The average molecular weight is 318 g/mol. The van der Waals surface area contributed by atoms with Crippen LogP contribution < -0.4 is 16.1 Å². The lowest BCUT2D eigenvalue weighted by molar-refractivity contribution is -0.117. The van der Waals surface area contributed by atoms with Crippen molar-refractivity contribution in [2.45, 2.75) is 20.3 Å². The van der Waals surface area contributed by atoms with Crippen LogP contribution in [0.2, 0.25) is 0 Å². The maximum atomic E-state index is 12.0. The number of hydrazine groups is 1. The van der Waals surface area contributed by atoms with Gasteiger partial charge in [0.05, 0.1) is 0 Å². The molecule has 23 heavy (non-hydrogen) atoms. The van der Waals surface area contributed by atoms with Crippen LogP contribution in [-0.4, -0.2) is 36.4 Å². The van der Waals surface area contributed by atoms with Crippen molar-refractivity contribution in [3.63, 3.8) is 0 Å². The van der Waals surface area contributed by atoms with E-state index in [2.05, 4.69) is 16.1 Å². The standard InChI is InChI=1S/C16H22N4O3/c1-4-17-16(23)20(3)19-14(21)11-5-7-12(8-6-11)18-15(22)13-9-10(13)2/h5-8,10,13H,4,9H2,1-3H3,(H,17,23)(H,18,22)(H,19,21). The lowest BCUT2D eigenvalue weighted by Gasteiger charge is -2.18. The molecule has 0 radical (unpaired) electrons. The van der Waals surface area contributed by atoms with Crippen LogP contribution in [0, 0.1) is 11.8 Å². The van der Waals surface area contributed by atoms with E-state index in [4.69, 9.17) is 0 Å². The average Bonchev–Trinajstić information content (AvgIpc) is 3.25. The molecule has 1 aliphatic carbocycles. The zero-order chi connectivity index (χ0) is 17.0. The second-order valence-electron chi connectivity index (χ2n) is 5.72. The predicted octanol–water partition coefficient (Wildman–Crippen LogP) is 1.59. The van der Waals surface area contributed by atoms with E-state index in [0.29, 0.717) is 23.7 Å². The number of anilines is 1. The van der Waals surface area contributed by atoms with Gasteiger partial charge in [0, 0.05) is 30.8 Å². The molecule has 2 atom stereocenters. The highest BCUT2D eigenvalue weighted by Gasteiger charge is 2.39. The minimum Gasteiger partial charge on any atom is -0.337 e. The Hall–Kier alpha value is -2.57. The van der Waals surface area contributed by atoms with Crippen molar-refractivity contribution in [3.8, 4) is 0 Å². The van der Waals surface area contributed by atoms with Crippen molar-refractivity contribution >= 4 is 23.5 Å². The van der Waals surface area contributed by atoms with Crippen molar-refractivity contribution in [3.05, 3.63) is 29.8 Å². The normalized spacial score (nSPS) is 18.7. The van der Waals surface area contributed by atoms with Crippen LogP contribution in [0.5, 0.6) is 0 Å². The fraction of sp³-hybridized carbons (Fsp3) is 0.438. The molecule has 7 nitrogen and oxygen atoms in total. The van der Waals surface area contributed by atoms with E-state index in [1.54, 1.807) is 31.2 Å². The first-order valence-electron chi connectivity index (χ1n) is 7.65. The van der Waals surface area contributed by atoms with Crippen LogP contribution in [0.1, 0.15) is 30.6 Å². The molecule has 0 heterocycles. The maximum Gasteiger partial charge on any atom is 0.335 e. The third kappa shape index (κ3) is 4.45. The maximum absolute atomic E-state index is 12.0. The number of carbonyl (C=O) groups excluding carboxylic acids is 3. The fourth-order valence-electron chi connectivity index (χ4n) is 2.16. The Morgan fingerprint density at radius 2 is 1.83 bits per heavy atom. The molecule has 4 amide bonds. The Morgan fingerprint density at radius 3 is 2.35 bits per heavy atom. The Kier molecular flexibility index (Phi) is 5.20. The molecular weight excluding hydrogens is 296 g/mol. The summed E-state index contributed by atoms with van der Waals surface area (Å²) in [6, 6.07) is 6.17. The fourth-order valence-corrected chi connectivity index (χ4v) is 2.16. The second kappa shape index (κ2) is 7.13. The van der Waals surface area contributed by atoms with Crippen molar-refractivity contribution in [1.82, 2.24) is 15.8 Å². The predicted molar refractivity (Wildman–Crippen MR) is 86.6 cm³/mol. The minimum absolute atomic E-state index is 0.0191. The van der Waals surface area contributed by atoms with Gasteiger partial charge in [-0.05, 0) is 43.5 Å². The number of nitrogens with zero attached hydrogens (tertiary/aromatic N) is 1. The number of benzene rings is 1. The summed E-state index contributed by atoms with van der Waals surface area (Å²) in [5.41, 5.74) is 3.53. The minimum atomic E-state index is -0.396. The number of hydrogen-bond acceptors (Lipinski definition) is 3. The summed E-state index contributed by atoms with van der Waals surface area (Å²) in [5, 5.41) is 6.50. The summed E-state index contributed by atoms with van der Waals surface area (Å²) >= 11 is 0. The Morgan fingerprint density at radius 1 is 1.22 bits per heavy atom. The SMILES string of the molecule is CCNC(=O)N(C)NC(=O)c1ccc(NC(=O)C2CC2C)cc1. The van der Waals surface area contributed by atoms with E-state index in [9.17, 15) is 14.4 Å². The molecule has 1 aliphatic rings. The molecule has 0 aliphatic heterocycles. The number of amides is 4. The molecule has 1 aromatic carbocycles. The zero-order valence-electron chi connectivity index (χ0n) is 13.6. The summed E-state index contributed by atoms with van der Waals surface area (Å²) in [5.74, 6) is 0.173. The van der Waals surface area contributed by atoms with Crippen molar-refractivity contribution in [1.29, 1.82) is 0 Å². The molecule has 7 heteroatoms. The van der Waals surface area contributed by atoms with Crippen LogP contribution in [0.25, 0.3) is 0 Å². The van der Waals surface area contributed by atoms with E-state index >= 15 is 0 Å². The zero-order valence-corrected chi connectivity index (χ0v) is 13.6. The van der Waals surface area contributed by atoms with E-state index in [-0.39, 0.29) is 17.9 Å². The lowest BCUT2D eigenvalue weighted by atomic mass is 10.2. The van der Waals surface area contributed by atoms with Gasteiger partial charge in [-0.2, -0.15) is 0 Å². The number of carbonyl (C=O) groups is 3. The molecule has 2 rings (SSSR count). The summed E-state index contributed by atoms with van der Waals surface area (Å²) in [6.45, 7) is 4.32. The summed E-state index contributed by atoms with van der Waals surface area (Å²) in [7, 11) is 1.47. The van der Waals surface area contributed by atoms with Gasteiger partial charge in [-0.25, -0.2) is 9.80 Å². The third-order valence-corrected chi connectivity index (χ3v) is 3.76. The Labute approximate surface area is 135 Å². The summed E-state index contributed by atoms with van der Waals surface area (Å²) in [6.07, 6.45) is 0.929.